The van der Waals surface area contributed by atoms with Crippen LogP contribution in [-0.4, -0.2) is 28.9 Å². The summed E-state index contributed by atoms with van der Waals surface area (Å²) in [5, 5.41) is 0.913. The summed E-state index contributed by atoms with van der Waals surface area (Å²) < 4.78 is 0. The summed E-state index contributed by atoms with van der Waals surface area (Å²) in [4.78, 5) is 21.0. The van der Waals surface area contributed by atoms with Crippen molar-refractivity contribution in [2.45, 2.75) is 40.0 Å². The van der Waals surface area contributed by atoms with Gasteiger partial charge in [-0.2, -0.15) is 0 Å². The maximum atomic E-state index is 12.8. The molecule has 23 heavy (non-hydrogen) atoms. The van der Waals surface area contributed by atoms with Crippen molar-refractivity contribution in [2.24, 2.45) is 11.8 Å². The standard InChI is InChI=1S/C18H25N3OS/c1-11(2)10-13-4-5-14-15(19)16(23-17(14)20-13)18(22)21-8-6-12(3)7-9-21/h4-5,11-12H,6-10,19H2,1-3H3. The summed E-state index contributed by atoms with van der Waals surface area (Å²) in [6.45, 7) is 8.27. The van der Waals surface area contributed by atoms with Crippen LogP contribution in [0, 0.1) is 11.8 Å². The minimum Gasteiger partial charge on any atom is -0.397 e. The molecule has 0 atom stereocenters. The van der Waals surface area contributed by atoms with Crippen LogP contribution in [0.2, 0.25) is 0 Å². The summed E-state index contributed by atoms with van der Waals surface area (Å²) >= 11 is 1.44. The quantitative estimate of drug-likeness (QED) is 0.926. The highest BCUT2D eigenvalue weighted by Crippen LogP contribution is 2.34. The van der Waals surface area contributed by atoms with Crippen molar-refractivity contribution in [3.63, 3.8) is 0 Å². The lowest BCUT2D eigenvalue weighted by Crippen LogP contribution is -2.37. The Morgan fingerprint density at radius 2 is 2.09 bits per heavy atom. The van der Waals surface area contributed by atoms with Crippen LogP contribution in [0.5, 0.6) is 0 Å². The van der Waals surface area contributed by atoms with E-state index in [1.165, 1.54) is 11.3 Å². The molecule has 124 valence electrons. The van der Waals surface area contributed by atoms with Crippen LogP contribution in [0.25, 0.3) is 10.2 Å². The number of piperidine rings is 1. The predicted octanol–water partition coefficient (Wildman–Crippen LogP) is 3.95. The summed E-state index contributed by atoms with van der Waals surface area (Å²) in [6, 6.07) is 4.04. The number of hydrogen-bond donors (Lipinski definition) is 1. The fraction of sp³-hybridized carbons (Fsp3) is 0.556. The number of carbonyl (C=O) groups is 1. The topological polar surface area (TPSA) is 59.2 Å². The van der Waals surface area contributed by atoms with E-state index in [0.717, 1.165) is 48.3 Å². The Balaban J connectivity index is 1.88. The Morgan fingerprint density at radius 1 is 1.39 bits per heavy atom. The van der Waals surface area contributed by atoms with Gasteiger partial charge in [-0.1, -0.05) is 20.8 Å². The molecule has 1 saturated heterocycles. The molecule has 2 aromatic rings. The van der Waals surface area contributed by atoms with E-state index in [2.05, 4.69) is 20.8 Å². The second-order valence-electron chi connectivity index (χ2n) is 7.07. The molecule has 0 saturated carbocycles. The third-order valence-corrected chi connectivity index (χ3v) is 5.64. The Labute approximate surface area is 141 Å². The van der Waals surface area contributed by atoms with Crippen LogP contribution in [0.4, 0.5) is 5.69 Å². The van der Waals surface area contributed by atoms with Crippen LogP contribution >= 0.6 is 11.3 Å². The van der Waals surface area contributed by atoms with Crippen LogP contribution < -0.4 is 5.73 Å². The van der Waals surface area contributed by atoms with Crippen molar-refractivity contribution in [3.8, 4) is 0 Å². The Kier molecular flexibility index (Phi) is 4.57. The summed E-state index contributed by atoms with van der Waals surface area (Å²) in [6.07, 6.45) is 3.10. The number of pyridine rings is 1. The first-order valence-corrected chi connectivity index (χ1v) is 9.24. The molecule has 3 heterocycles. The molecule has 2 aromatic heterocycles. The van der Waals surface area contributed by atoms with Gasteiger partial charge in [0.05, 0.1) is 5.69 Å². The number of aromatic nitrogens is 1. The molecule has 1 amide bonds. The number of rotatable bonds is 3. The third-order valence-electron chi connectivity index (χ3n) is 4.53. The number of nitrogen functional groups attached to an aromatic ring is 1. The SMILES string of the molecule is CC(C)Cc1ccc2c(N)c(C(=O)N3CCC(C)CC3)sc2n1. The van der Waals surface area contributed by atoms with Gasteiger partial charge in [-0.3, -0.25) is 4.79 Å². The van der Waals surface area contributed by atoms with Crippen molar-refractivity contribution in [1.82, 2.24) is 9.88 Å². The van der Waals surface area contributed by atoms with E-state index in [9.17, 15) is 4.79 Å². The number of nitrogens with two attached hydrogens (primary N) is 1. The molecule has 0 radical (unpaired) electrons. The first-order chi connectivity index (χ1) is 11.0. The number of thiophene rings is 1. The molecule has 0 unspecified atom stereocenters. The lowest BCUT2D eigenvalue weighted by molar-refractivity contribution is 0.0703. The Morgan fingerprint density at radius 3 is 2.74 bits per heavy atom. The van der Waals surface area contributed by atoms with Gasteiger partial charge < -0.3 is 10.6 Å². The minimum atomic E-state index is 0.0720. The largest absolute Gasteiger partial charge is 0.397 e. The lowest BCUT2D eigenvalue weighted by atomic mass is 9.99. The maximum absolute atomic E-state index is 12.8. The highest BCUT2D eigenvalue weighted by Gasteiger charge is 2.25. The molecule has 0 aliphatic carbocycles. The molecule has 1 aliphatic rings. The molecule has 3 rings (SSSR count). The first kappa shape index (κ1) is 16.2. The van der Waals surface area contributed by atoms with E-state index in [1.807, 2.05) is 17.0 Å². The van der Waals surface area contributed by atoms with E-state index in [0.29, 0.717) is 22.4 Å². The highest BCUT2D eigenvalue weighted by atomic mass is 32.1. The summed E-state index contributed by atoms with van der Waals surface area (Å²) in [5.74, 6) is 1.34. The van der Waals surface area contributed by atoms with Gasteiger partial charge in [0.15, 0.2) is 0 Å². The number of likely N-dealkylation sites (tertiary alicyclic amines) is 1. The summed E-state index contributed by atoms with van der Waals surface area (Å²) in [5.41, 5.74) is 7.91. The van der Waals surface area contributed by atoms with Crippen molar-refractivity contribution in [3.05, 3.63) is 22.7 Å². The molecule has 5 heteroatoms. The van der Waals surface area contributed by atoms with Crippen LogP contribution in [0.15, 0.2) is 12.1 Å². The molecular formula is C18H25N3OS. The van der Waals surface area contributed by atoms with E-state index in [-0.39, 0.29) is 5.91 Å². The molecule has 4 nitrogen and oxygen atoms in total. The molecule has 1 aliphatic heterocycles. The molecular weight excluding hydrogens is 306 g/mol. The fourth-order valence-electron chi connectivity index (χ4n) is 3.08. The second kappa shape index (κ2) is 6.48. The van der Waals surface area contributed by atoms with Gasteiger partial charge in [-0.05, 0) is 43.2 Å². The molecule has 0 bridgehead atoms. The number of carbonyl (C=O) groups excluding carboxylic acids is 1. The number of hydrogen-bond acceptors (Lipinski definition) is 4. The number of nitrogens with zero attached hydrogens (tertiary/aromatic N) is 2. The zero-order chi connectivity index (χ0) is 16.6. The maximum Gasteiger partial charge on any atom is 0.266 e. The minimum absolute atomic E-state index is 0.0720. The van der Waals surface area contributed by atoms with Crippen molar-refractivity contribution in [2.75, 3.05) is 18.8 Å². The van der Waals surface area contributed by atoms with Gasteiger partial charge in [0.1, 0.15) is 9.71 Å². The van der Waals surface area contributed by atoms with E-state index >= 15 is 0 Å². The average Bonchev–Trinajstić information content (AvgIpc) is 2.83. The first-order valence-electron chi connectivity index (χ1n) is 8.43. The fourth-order valence-corrected chi connectivity index (χ4v) is 4.16. The van der Waals surface area contributed by atoms with Crippen LogP contribution in [0.1, 0.15) is 49.0 Å². The Hall–Kier alpha value is -1.62. The zero-order valence-electron chi connectivity index (χ0n) is 14.1. The van der Waals surface area contributed by atoms with E-state index in [1.54, 1.807) is 0 Å². The van der Waals surface area contributed by atoms with Crippen LogP contribution in [-0.2, 0) is 6.42 Å². The van der Waals surface area contributed by atoms with Crippen LogP contribution in [0.3, 0.4) is 0 Å². The van der Waals surface area contributed by atoms with E-state index < -0.39 is 0 Å². The van der Waals surface area contributed by atoms with Crippen molar-refractivity contribution < 1.29 is 4.79 Å². The lowest BCUT2D eigenvalue weighted by Gasteiger charge is -2.30. The molecule has 2 N–H and O–H groups in total. The third kappa shape index (κ3) is 3.34. The molecule has 1 fully saturated rings. The molecule has 0 aromatic carbocycles. The van der Waals surface area contributed by atoms with Gasteiger partial charge in [-0.15, -0.1) is 11.3 Å². The van der Waals surface area contributed by atoms with E-state index in [4.69, 9.17) is 10.7 Å². The normalized spacial score (nSPS) is 16.4. The number of amides is 1. The predicted molar refractivity (Wildman–Crippen MR) is 96.9 cm³/mol. The number of anilines is 1. The zero-order valence-corrected chi connectivity index (χ0v) is 14.9. The van der Waals surface area contributed by atoms with Gasteiger partial charge >= 0.3 is 0 Å². The highest BCUT2D eigenvalue weighted by molar-refractivity contribution is 7.21. The van der Waals surface area contributed by atoms with Crippen molar-refractivity contribution >= 4 is 33.1 Å². The summed E-state index contributed by atoms with van der Waals surface area (Å²) in [7, 11) is 0. The monoisotopic (exact) mass is 331 g/mol. The Bertz CT molecular complexity index is 714. The van der Waals surface area contributed by atoms with Gasteiger partial charge in [-0.25, -0.2) is 4.98 Å². The average molecular weight is 331 g/mol. The second-order valence-corrected chi connectivity index (χ2v) is 8.07. The molecule has 0 spiro atoms. The smallest absolute Gasteiger partial charge is 0.266 e. The van der Waals surface area contributed by atoms with Gasteiger partial charge in [0, 0.05) is 24.2 Å². The van der Waals surface area contributed by atoms with Gasteiger partial charge in [0.2, 0.25) is 0 Å². The van der Waals surface area contributed by atoms with Crippen molar-refractivity contribution in [1.29, 1.82) is 0 Å². The number of fused-ring (bicyclic) bond motifs is 1. The van der Waals surface area contributed by atoms with Gasteiger partial charge in [0.25, 0.3) is 5.91 Å².